The lowest BCUT2D eigenvalue weighted by molar-refractivity contribution is 0.199. The summed E-state index contributed by atoms with van der Waals surface area (Å²) in [5, 5.41) is 11.0. The number of pyridine rings is 1. The number of hydrogen-bond donors (Lipinski definition) is 1. The van der Waals surface area contributed by atoms with Crippen molar-refractivity contribution >= 4 is 22.5 Å². The molecule has 0 aliphatic carbocycles. The average molecular weight is 300 g/mol. The van der Waals surface area contributed by atoms with Crippen LogP contribution in [0.25, 0.3) is 10.9 Å². The molecule has 0 bridgehead atoms. The number of ether oxygens (including phenoxy) is 1. The average Bonchev–Trinajstić information content (AvgIpc) is 2.49. The minimum atomic E-state index is -0.559. The second kappa shape index (κ2) is 5.72. The Morgan fingerprint density at radius 3 is 2.67 bits per heavy atom. The predicted molar refractivity (Wildman–Crippen MR) is 83.9 cm³/mol. The maximum absolute atomic E-state index is 9.56. The van der Waals surface area contributed by atoms with Crippen molar-refractivity contribution in [1.82, 2.24) is 4.98 Å². The Morgan fingerprint density at radius 1 is 1.10 bits per heavy atom. The highest BCUT2D eigenvalue weighted by Crippen LogP contribution is 2.34. The van der Waals surface area contributed by atoms with Crippen molar-refractivity contribution in [3.05, 3.63) is 65.3 Å². The summed E-state index contributed by atoms with van der Waals surface area (Å²) in [6, 6.07) is 14.9. The van der Waals surface area contributed by atoms with Crippen LogP contribution in [0.3, 0.4) is 0 Å². The van der Waals surface area contributed by atoms with E-state index in [-0.39, 0.29) is 0 Å². The summed E-state index contributed by atoms with van der Waals surface area (Å²) >= 11 is 6.22. The van der Waals surface area contributed by atoms with Gasteiger partial charge in [0.25, 0.3) is 0 Å². The smallest absolute Gasteiger partial charge is 0.153 e. The van der Waals surface area contributed by atoms with Gasteiger partial charge < -0.3 is 9.84 Å². The van der Waals surface area contributed by atoms with Gasteiger partial charge in [0.2, 0.25) is 0 Å². The molecule has 0 fully saturated rings. The van der Waals surface area contributed by atoms with E-state index in [1.165, 1.54) is 0 Å². The maximum Gasteiger partial charge on any atom is 0.153 e. The number of benzene rings is 2. The first-order valence-electron chi connectivity index (χ1n) is 6.64. The van der Waals surface area contributed by atoms with Gasteiger partial charge >= 0.3 is 0 Å². The minimum Gasteiger partial charge on any atom is -0.454 e. The number of hydrogen-bond acceptors (Lipinski definition) is 3. The van der Waals surface area contributed by atoms with Crippen LogP contribution in [-0.2, 0) is 0 Å². The van der Waals surface area contributed by atoms with Gasteiger partial charge in [0.05, 0.1) is 11.1 Å². The first-order valence-corrected chi connectivity index (χ1v) is 7.02. The fourth-order valence-electron chi connectivity index (χ4n) is 2.14. The van der Waals surface area contributed by atoms with Gasteiger partial charge in [-0.3, -0.25) is 4.98 Å². The van der Waals surface area contributed by atoms with Gasteiger partial charge in [-0.1, -0.05) is 35.9 Å². The molecule has 0 unspecified atom stereocenters. The van der Waals surface area contributed by atoms with Gasteiger partial charge in [-0.25, -0.2) is 0 Å². The Balaban J connectivity index is 1.99. The van der Waals surface area contributed by atoms with Crippen LogP contribution in [-0.4, -0.2) is 10.1 Å². The number of fused-ring (bicyclic) bond motifs is 1. The molecule has 0 aliphatic rings. The number of aliphatic hydroxyl groups excluding tert-OH is 1. The normalized spacial score (nSPS) is 12.3. The van der Waals surface area contributed by atoms with Gasteiger partial charge in [-0.15, -0.1) is 0 Å². The summed E-state index contributed by atoms with van der Waals surface area (Å²) in [5.41, 5.74) is 1.54. The van der Waals surface area contributed by atoms with E-state index in [0.717, 1.165) is 16.5 Å². The van der Waals surface area contributed by atoms with Crippen LogP contribution in [0.15, 0.2) is 54.7 Å². The fraction of sp³-hybridized carbons (Fsp3) is 0.118. The zero-order valence-electron chi connectivity index (χ0n) is 11.5. The van der Waals surface area contributed by atoms with Gasteiger partial charge in [0, 0.05) is 11.6 Å². The van der Waals surface area contributed by atoms with E-state index in [1.807, 2.05) is 30.3 Å². The van der Waals surface area contributed by atoms with E-state index in [0.29, 0.717) is 16.5 Å². The lowest BCUT2D eigenvalue weighted by atomic mass is 10.1. The quantitative estimate of drug-likeness (QED) is 0.760. The molecule has 2 aromatic carbocycles. The van der Waals surface area contributed by atoms with Crippen LogP contribution < -0.4 is 4.74 Å². The molecule has 0 amide bonds. The molecule has 21 heavy (non-hydrogen) atoms. The van der Waals surface area contributed by atoms with Crippen LogP contribution in [0.5, 0.6) is 11.5 Å². The van der Waals surface area contributed by atoms with E-state index in [1.54, 1.807) is 31.3 Å². The van der Waals surface area contributed by atoms with Crippen LogP contribution in [0, 0.1) is 0 Å². The number of nitrogens with zero attached hydrogens (tertiary/aromatic N) is 1. The molecular weight excluding hydrogens is 286 g/mol. The van der Waals surface area contributed by atoms with Crippen molar-refractivity contribution in [2.45, 2.75) is 13.0 Å². The number of para-hydroxylation sites is 1. The molecular formula is C17H14ClNO2. The molecule has 1 atom stereocenters. The van der Waals surface area contributed by atoms with E-state index < -0.39 is 6.10 Å². The van der Waals surface area contributed by atoms with Crippen molar-refractivity contribution in [3.63, 3.8) is 0 Å². The summed E-state index contributed by atoms with van der Waals surface area (Å²) in [6.45, 7) is 1.70. The Bertz CT molecular complexity index is 781. The molecule has 4 heteroatoms. The standard InChI is InChI=1S/C17H14ClNO2/c1-11(20)13-7-8-15(14(18)10-13)21-16-6-2-4-12-5-3-9-19-17(12)16/h2-11,20H,1H3/t11-/m1/s1. The highest BCUT2D eigenvalue weighted by Gasteiger charge is 2.09. The van der Waals surface area contributed by atoms with E-state index >= 15 is 0 Å². The molecule has 0 radical (unpaired) electrons. The third-order valence-corrected chi connectivity index (χ3v) is 3.55. The fourth-order valence-corrected chi connectivity index (χ4v) is 2.36. The molecule has 3 aromatic rings. The SMILES string of the molecule is C[C@@H](O)c1ccc(Oc2cccc3cccnc23)c(Cl)c1. The van der Waals surface area contributed by atoms with Crippen LogP contribution >= 0.6 is 11.6 Å². The van der Waals surface area contributed by atoms with E-state index in [9.17, 15) is 5.11 Å². The highest BCUT2D eigenvalue weighted by molar-refractivity contribution is 6.32. The molecule has 106 valence electrons. The molecule has 1 N–H and O–H groups in total. The van der Waals surface area contributed by atoms with Gasteiger partial charge in [-0.05, 0) is 36.8 Å². The maximum atomic E-state index is 9.56. The zero-order chi connectivity index (χ0) is 14.8. The summed E-state index contributed by atoms with van der Waals surface area (Å²) in [7, 11) is 0. The van der Waals surface area contributed by atoms with Gasteiger partial charge in [-0.2, -0.15) is 0 Å². The zero-order valence-corrected chi connectivity index (χ0v) is 12.2. The molecule has 0 saturated heterocycles. The van der Waals surface area contributed by atoms with Crippen LogP contribution in [0.2, 0.25) is 5.02 Å². The summed E-state index contributed by atoms with van der Waals surface area (Å²) < 4.78 is 5.88. The van der Waals surface area contributed by atoms with Crippen molar-refractivity contribution in [1.29, 1.82) is 0 Å². The van der Waals surface area contributed by atoms with Crippen molar-refractivity contribution in [2.75, 3.05) is 0 Å². The topological polar surface area (TPSA) is 42.4 Å². The lowest BCUT2D eigenvalue weighted by Crippen LogP contribution is -1.93. The van der Waals surface area contributed by atoms with Crippen molar-refractivity contribution in [2.24, 2.45) is 0 Å². The second-order valence-corrected chi connectivity index (χ2v) is 5.21. The van der Waals surface area contributed by atoms with Crippen LogP contribution in [0.4, 0.5) is 0 Å². The largest absolute Gasteiger partial charge is 0.454 e. The molecule has 0 saturated carbocycles. The molecule has 1 heterocycles. The first-order chi connectivity index (χ1) is 10.1. The molecule has 1 aromatic heterocycles. The molecule has 0 aliphatic heterocycles. The predicted octanol–water partition coefficient (Wildman–Crippen LogP) is 4.73. The van der Waals surface area contributed by atoms with Gasteiger partial charge in [0.1, 0.15) is 11.3 Å². The minimum absolute atomic E-state index is 0.460. The summed E-state index contributed by atoms with van der Waals surface area (Å²) in [6.07, 6.45) is 1.17. The van der Waals surface area contributed by atoms with Crippen LogP contribution in [0.1, 0.15) is 18.6 Å². The summed E-state index contributed by atoms with van der Waals surface area (Å²) in [5.74, 6) is 1.19. The van der Waals surface area contributed by atoms with Gasteiger partial charge in [0.15, 0.2) is 5.75 Å². The Hall–Kier alpha value is -2.10. The third kappa shape index (κ3) is 2.84. The highest BCUT2D eigenvalue weighted by atomic mass is 35.5. The van der Waals surface area contributed by atoms with Crippen molar-refractivity contribution < 1.29 is 9.84 Å². The van der Waals surface area contributed by atoms with E-state index in [4.69, 9.17) is 16.3 Å². The van der Waals surface area contributed by atoms with E-state index in [2.05, 4.69) is 4.98 Å². The summed E-state index contributed by atoms with van der Waals surface area (Å²) in [4.78, 5) is 4.34. The Morgan fingerprint density at radius 2 is 1.90 bits per heavy atom. The Kier molecular flexibility index (Phi) is 3.78. The number of halogens is 1. The molecule has 0 spiro atoms. The number of rotatable bonds is 3. The number of aliphatic hydroxyl groups is 1. The molecule has 3 nitrogen and oxygen atoms in total. The van der Waals surface area contributed by atoms with Crippen molar-refractivity contribution in [3.8, 4) is 11.5 Å². The lowest BCUT2D eigenvalue weighted by Gasteiger charge is -2.11. The second-order valence-electron chi connectivity index (χ2n) is 4.80. The first kappa shape index (κ1) is 13.9. The molecule has 3 rings (SSSR count). The monoisotopic (exact) mass is 299 g/mol. The third-order valence-electron chi connectivity index (χ3n) is 3.25. The number of aromatic nitrogens is 1. The Labute approximate surface area is 127 Å².